The van der Waals surface area contributed by atoms with Crippen molar-refractivity contribution in [2.24, 2.45) is 0 Å². The topological polar surface area (TPSA) is 73.0 Å². The summed E-state index contributed by atoms with van der Waals surface area (Å²) < 4.78 is 14.2. The molecule has 2 aliphatic rings. The number of para-hydroxylation sites is 1. The molecule has 0 bridgehead atoms. The van der Waals surface area contributed by atoms with E-state index >= 15 is 0 Å². The number of likely N-dealkylation sites (tertiary alicyclic amines) is 1. The molecule has 1 N–H and O–H groups in total. The lowest BCUT2D eigenvalue weighted by atomic mass is 9.85. The van der Waals surface area contributed by atoms with Gasteiger partial charge in [-0.05, 0) is 55.3 Å². The maximum Gasteiger partial charge on any atom is 0.256 e. The number of amides is 3. The number of rotatable bonds is 5. The van der Waals surface area contributed by atoms with Crippen molar-refractivity contribution in [2.45, 2.75) is 18.4 Å². The third kappa shape index (κ3) is 4.89. The minimum absolute atomic E-state index is 0.0235. The van der Waals surface area contributed by atoms with Gasteiger partial charge in [0.25, 0.3) is 11.8 Å². The second kappa shape index (κ2) is 10.2. The Balaban J connectivity index is 1.35. The van der Waals surface area contributed by atoms with Crippen LogP contribution in [-0.4, -0.2) is 59.4 Å². The maximum atomic E-state index is 14.2. The molecule has 0 atom stereocenters. The van der Waals surface area contributed by atoms with Crippen molar-refractivity contribution in [1.29, 1.82) is 0 Å². The van der Waals surface area contributed by atoms with Crippen molar-refractivity contribution < 1.29 is 18.8 Å². The Hall–Kier alpha value is -3.91. The van der Waals surface area contributed by atoms with Crippen LogP contribution < -0.4 is 10.2 Å². The highest BCUT2D eigenvalue weighted by Gasteiger charge is 2.54. The smallest absolute Gasteiger partial charge is 0.256 e. The van der Waals surface area contributed by atoms with Crippen molar-refractivity contribution in [1.82, 2.24) is 9.80 Å². The highest BCUT2D eigenvalue weighted by Crippen LogP contribution is 2.39. The quantitative estimate of drug-likeness (QED) is 0.541. The fourth-order valence-corrected chi connectivity index (χ4v) is 5.34. The number of carbonyl (C=O) groups excluding carboxylic acids is 3. The molecule has 37 heavy (non-hydrogen) atoms. The summed E-state index contributed by atoms with van der Waals surface area (Å²) >= 11 is 6.02. The van der Waals surface area contributed by atoms with E-state index in [1.807, 2.05) is 35.2 Å². The molecule has 3 aromatic rings. The third-order valence-electron chi connectivity index (χ3n) is 7.01. The van der Waals surface area contributed by atoms with Gasteiger partial charge < -0.3 is 20.0 Å². The van der Waals surface area contributed by atoms with Gasteiger partial charge in [-0.2, -0.15) is 0 Å². The van der Waals surface area contributed by atoms with E-state index in [1.165, 1.54) is 12.1 Å². The number of anilines is 2. The van der Waals surface area contributed by atoms with E-state index in [0.717, 1.165) is 5.69 Å². The lowest BCUT2D eigenvalue weighted by molar-refractivity contribution is -0.136. The number of nitrogens with zero attached hydrogens (tertiary/aromatic N) is 3. The predicted octanol–water partition coefficient (Wildman–Crippen LogP) is 4.40. The third-order valence-corrected chi connectivity index (χ3v) is 7.24. The van der Waals surface area contributed by atoms with Gasteiger partial charge in [-0.15, -0.1) is 0 Å². The maximum absolute atomic E-state index is 14.2. The first-order valence-corrected chi connectivity index (χ1v) is 12.5. The van der Waals surface area contributed by atoms with Crippen LogP contribution in [0.15, 0.2) is 78.9 Å². The molecule has 0 aliphatic carbocycles. The van der Waals surface area contributed by atoms with E-state index in [9.17, 15) is 18.8 Å². The van der Waals surface area contributed by atoms with E-state index < -0.39 is 11.4 Å². The molecular formula is C28H26ClFN4O3. The Morgan fingerprint density at radius 3 is 2.35 bits per heavy atom. The zero-order valence-corrected chi connectivity index (χ0v) is 20.8. The van der Waals surface area contributed by atoms with Crippen LogP contribution >= 0.6 is 11.6 Å². The number of hydrogen-bond donors (Lipinski definition) is 1. The first-order valence-electron chi connectivity index (χ1n) is 12.1. The zero-order valence-electron chi connectivity index (χ0n) is 20.1. The molecule has 2 aliphatic heterocycles. The van der Waals surface area contributed by atoms with Gasteiger partial charge in [-0.3, -0.25) is 14.4 Å². The Bertz CT molecular complexity index is 1330. The van der Waals surface area contributed by atoms with Crippen LogP contribution in [0.1, 0.15) is 23.2 Å². The monoisotopic (exact) mass is 520 g/mol. The molecule has 2 saturated heterocycles. The summed E-state index contributed by atoms with van der Waals surface area (Å²) in [5, 5.41) is 3.30. The van der Waals surface area contributed by atoms with Crippen LogP contribution in [0.2, 0.25) is 5.02 Å². The number of hydrogen-bond acceptors (Lipinski definition) is 4. The molecule has 2 fully saturated rings. The van der Waals surface area contributed by atoms with Gasteiger partial charge in [-0.1, -0.05) is 48.0 Å². The van der Waals surface area contributed by atoms with Gasteiger partial charge in [-0.25, -0.2) is 4.39 Å². The molecule has 1 spiro atoms. The first-order chi connectivity index (χ1) is 17.9. The molecule has 0 radical (unpaired) electrons. The molecule has 3 amide bonds. The molecule has 0 saturated carbocycles. The molecule has 0 aromatic heterocycles. The fraction of sp³-hybridized carbons (Fsp3) is 0.250. The van der Waals surface area contributed by atoms with E-state index in [-0.39, 0.29) is 36.5 Å². The van der Waals surface area contributed by atoms with E-state index in [2.05, 4.69) is 5.32 Å². The molecule has 7 nitrogen and oxygen atoms in total. The Kier molecular flexibility index (Phi) is 6.84. The summed E-state index contributed by atoms with van der Waals surface area (Å²) in [7, 11) is 0. The van der Waals surface area contributed by atoms with Crippen LogP contribution in [0, 0.1) is 5.82 Å². The molecule has 2 heterocycles. The molecule has 0 unspecified atom stereocenters. The van der Waals surface area contributed by atoms with Gasteiger partial charge in [0.2, 0.25) is 5.91 Å². The minimum Gasteiger partial charge on any atom is -0.339 e. The molecule has 3 aromatic carbocycles. The van der Waals surface area contributed by atoms with E-state index in [1.54, 1.807) is 46.2 Å². The highest BCUT2D eigenvalue weighted by molar-refractivity contribution is 6.30. The van der Waals surface area contributed by atoms with Crippen molar-refractivity contribution in [3.05, 3.63) is 95.3 Å². The fourth-order valence-electron chi connectivity index (χ4n) is 5.15. The van der Waals surface area contributed by atoms with Gasteiger partial charge >= 0.3 is 0 Å². The Morgan fingerprint density at radius 2 is 1.65 bits per heavy atom. The van der Waals surface area contributed by atoms with Crippen LogP contribution in [0.4, 0.5) is 15.8 Å². The lowest BCUT2D eigenvalue weighted by Gasteiger charge is -2.43. The number of halogens is 2. The van der Waals surface area contributed by atoms with E-state index in [0.29, 0.717) is 36.6 Å². The van der Waals surface area contributed by atoms with Crippen molar-refractivity contribution >= 4 is 40.7 Å². The predicted molar refractivity (Wildman–Crippen MR) is 140 cm³/mol. The van der Waals surface area contributed by atoms with Crippen LogP contribution in [-0.2, 0) is 9.59 Å². The largest absolute Gasteiger partial charge is 0.339 e. The van der Waals surface area contributed by atoms with Gasteiger partial charge in [0.05, 0.1) is 12.2 Å². The molecule has 5 rings (SSSR count). The van der Waals surface area contributed by atoms with E-state index in [4.69, 9.17) is 11.6 Å². The highest BCUT2D eigenvalue weighted by atomic mass is 35.5. The number of benzene rings is 3. The molecule has 190 valence electrons. The van der Waals surface area contributed by atoms with Gasteiger partial charge in [0.15, 0.2) is 0 Å². The van der Waals surface area contributed by atoms with Crippen molar-refractivity contribution in [3.63, 3.8) is 0 Å². The Morgan fingerprint density at radius 1 is 0.946 bits per heavy atom. The second-order valence-corrected chi connectivity index (χ2v) is 9.71. The second-order valence-electron chi connectivity index (χ2n) is 9.27. The summed E-state index contributed by atoms with van der Waals surface area (Å²) in [6.07, 6.45) is 0.737. The summed E-state index contributed by atoms with van der Waals surface area (Å²) in [6, 6.07) is 22.3. The van der Waals surface area contributed by atoms with Gasteiger partial charge in [0, 0.05) is 29.5 Å². The number of carbonyl (C=O) groups is 3. The summed E-state index contributed by atoms with van der Waals surface area (Å²) in [6.45, 7) is 0.719. The average Bonchev–Trinajstić information content (AvgIpc) is 3.15. The van der Waals surface area contributed by atoms with Crippen LogP contribution in [0.3, 0.4) is 0 Å². The number of piperidine rings is 1. The zero-order chi connectivity index (χ0) is 26.0. The van der Waals surface area contributed by atoms with Gasteiger partial charge in [0.1, 0.15) is 17.9 Å². The van der Waals surface area contributed by atoms with Crippen molar-refractivity contribution in [3.8, 4) is 0 Å². The number of nitrogens with one attached hydrogen (secondary N) is 1. The molecule has 9 heteroatoms. The Labute approximate surface area is 219 Å². The van der Waals surface area contributed by atoms with Crippen molar-refractivity contribution in [2.75, 3.05) is 36.5 Å². The minimum atomic E-state index is -0.899. The normalized spacial score (nSPS) is 16.8. The summed E-state index contributed by atoms with van der Waals surface area (Å²) in [4.78, 5) is 44.8. The SMILES string of the molecule is O=C(CN1CN(c2ccccc2)C2(CCN(C(=O)c3ccccc3F)CC2)C1=O)Nc1cccc(Cl)c1. The standard InChI is InChI=1S/C28H26ClFN4O3/c29-20-7-6-8-21(17-20)31-25(35)18-33-19-34(22-9-2-1-3-10-22)28(27(33)37)13-15-32(16-14-28)26(36)23-11-4-5-12-24(23)30/h1-12,17H,13-16,18-19H2,(H,31,35). The summed E-state index contributed by atoms with van der Waals surface area (Å²) in [5.74, 6) is -1.43. The van der Waals surface area contributed by atoms with Crippen LogP contribution in [0.5, 0.6) is 0 Å². The summed E-state index contributed by atoms with van der Waals surface area (Å²) in [5.41, 5.74) is 0.542. The lowest BCUT2D eigenvalue weighted by Crippen LogP contribution is -2.57. The van der Waals surface area contributed by atoms with Crippen LogP contribution in [0.25, 0.3) is 0 Å². The average molecular weight is 521 g/mol. The first kappa shape index (κ1) is 24.8. The molecular weight excluding hydrogens is 495 g/mol.